The molecule has 1 aliphatic carbocycles. The van der Waals surface area contributed by atoms with Gasteiger partial charge in [0.05, 0.1) is 4.90 Å². The number of carbonyl (C=O) groups excluding carboxylic acids is 2. The van der Waals surface area contributed by atoms with Crippen LogP contribution in [0.25, 0.3) is 0 Å². The molecule has 8 heteroatoms. The van der Waals surface area contributed by atoms with E-state index >= 15 is 0 Å². The molecule has 1 aliphatic rings. The minimum absolute atomic E-state index is 0.0753. The fourth-order valence-electron chi connectivity index (χ4n) is 3.08. The number of amides is 2. The second-order valence-corrected chi connectivity index (χ2v) is 10.6. The molecule has 31 heavy (non-hydrogen) atoms. The van der Waals surface area contributed by atoms with E-state index < -0.39 is 27.5 Å². The lowest BCUT2D eigenvalue weighted by Gasteiger charge is -2.20. The second-order valence-electron chi connectivity index (χ2n) is 8.88. The maximum atomic E-state index is 12.8. The van der Waals surface area contributed by atoms with Crippen LogP contribution in [0.2, 0.25) is 0 Å². The molecule has 1 fully saturated rings. The van der Waals surface area contributed by atoms with Crippen LogP contribution in [0.4, 0.5) is 0 Å². The van der Waals surface area contributed by atoms with Crippen LogP contribution in [0.1, 0.15) is 49.5 Å². The van der Waals surface area contributed by atoms with Crippen molar-refractivity contribution in [3.05, 3.63) is 65.7 Å². The highest BCUT2D eigenvalue weighted by Gasteiger charge is 2.29. The zero-order valence-electron chi connectivity index (χ0n) is 18.0. The lowest BCUT2D eigenvalue weighted by Crippen LogP contribution is -2.48. The summed E-state index contributed by atoms with van der Waals surface area (Å²) in [6.07, 6.45) is 2.28. The van der Waals surface area contributed by atoms with Crippen LogP contribution in [-0.2, 0) is 21.2 Å². The van der Waals surface area contributed by atoms with Crippen molar-refractivity contribution in [3.63, 3.8) is 0 Å². The first-order chi connectivity index (χ1) is 14.5. The van der Waals surface area contributed by atoms with Crippen molar-refractivity contribution >= 4 is 21.8 Å². The van der Waals surface area contributed by atoms with Crippen LogP contribution in [0.3, 0.4) is 0 Å². The fourth-order valence-corrected chi connectivity index (χ4v) is 4.50. The topological polar surface area (TPSA) is 104 Å². The van der Waals surface area contributed by atoms with Gasteiger partial charge in [-0.15, -0.1) is 0 Å². The van der Waals surface area contributed by atoms with E-state index in [0.717, 1.165) is 18.4 Å². The molecule has 3 N–H and O–H groups in total. The van der Waals surface area contributed by atoms with Crippen molar-refractivity contribution in [1.82, 2.24) is 15.4 Å². The Bertz CT molecular complexity index is 1020. The standard InChI is InChI=1S/C23H29N3O4S/c1-23(2,3)26-31(29,30)19-13-9-17(10-14-19)21(27)25-20(22(28)24-18-11-12-18)15-16-7-5-4-6-8-16/h4-10,13-14,18,20,26H,11-12,15H2,1-3H3,(H,24,28)(H,25,27). The first-order valence-corrected chi connectivity index (χ1v) is 11.8. The Morgan fingerprint density at radius 3 is 2.16 bits per heavy atom. The third-order valence-corrected chi connectivity index (χ3v) is 6.47. The summed E-state index contributed by atoms with van der Waals surface area (Å²) in [5, 5.41) is 5.74. The monoisotopic (exact) mass is 443 g/mol. The van der Waals surface area contributed by atoms with Gasteiger partial charge in [0.25, 0.3) is 5.91 Å². The summed E-state index contributed by atoms with van der Waals surface area (Å²) in [7, 11) is -3.69. The van der Waals surface area contributed by atoms with Gasteiger partial charge in [0.1, 0.15) is 6.04 Å². The van der Waals surface area contributed by atoms with E-state index in [4.69, 9.17) is 0 Å². The van der Waals surface area contributed by atoms with Gasteiger partial charge in [0, 0.05) is 23.6 Å². The Morgan fingerprint density at radius 1 is 1.00 bits per heavy atom. The molecule has 0 spiro atoms. The molecular formula is C23H29N3O4S. The quantitative estimate of drug-likeness (QED) is 0.583. The normalized spacial score (nSPS) is 15.2. The highest BCUT2D eigenvalue weighted by Crippen LogP contribution is 2.19. The Kier molecular flexibility index (Phi) is 6.81. The minimum Gasteiger partial charge on any atom is -0.352 e. The zero-order valence-corrected chi connectivity index (χ0v) is 18.8. The largest absolute Gasteiger partial charge is 0.352 e. The van der Waals surface area contributed by atoms with Crippen LogP contribution >= 0.6 is 0 Å². The molecule has 0 saturated heterocycles. The lowest BCUT2D eigenvalue weighted by atomic mass is 10.0. The number of carbonyl (C=O) groups is 2. The van der Waals surface area contributed by atoms with Crippen LogP contribution in [0.15, 0.2) is 59.5 Å². The summed E-state index contributed by atoms with van der Waals surface area (Å²) < 4.78 is 27.5. The zero-order chi connectivity index (χ0) is 22.6. The van der Waals surface area contributed by atoms with Gasteiger partial charge >= 0.3 is 0 Å². The average Bonchev–Trinajstić information content (AvgIpc) is 3.50. The molecule has 1 saturated carbocycles. The molecule has 1 unspecified atom stereocenters. The molecule has 0 aromatic heterocycles. The Labute approximate surface area is 183 Å². The van der Waals surface area contributed by atoms with Gasteiger partial charge in [0.2, 0.25) is 15.9 Å². The van der Waals surface area contributed by atoms with E-state index in [2.05, 4.69) is 15.4 Å². The average molecular weight is 444 g/mol. The van der Waals surface area contributed by atoms with E-state index in [9.17, 15) is 18.0 Å². The van der Waals surface area contributed by atoms with E-state index in [0.29, 0.717) is 6.42 Å². The number of nitrogens with one attached hydrogen (secondary N) is 3. The predicted octanol–water partition coefficient (Wildman–Crippen LogP) is 2.38. The molecule has 0 aliphatic heterocycles. The van der Waals surface area contributed by atoms with Gasteiger partial charge in [-0.25, -0.2) is 13.1 Å². The number of benzene rings is 2. The maximum Gasteiger partial charge on any atom is 0.251 e. The fraction of sp³-hybridized carbons (Fsp3) is 0.391. The van der Waals surface area contributed by atoms with Crippen molar-refractivity contribution in [2.45, 2.75) is 62.6 Å². The summed E-state index contributed by atoms with van der Waals surface area (Å²) in [6.45, 7) is 5.27. The van der Waals surface area contributed by atoms with Gasteiger partial charge in [-0.3, -0.25) is 9.59 Å². The lowest BCUT2D eigenvalue weighted by molar-refractivity contribution is -0.123. The van der Waals surface area contributed by atoms with E-state index in [1.807, 2.05) is 30.3 Å². The van der Waals surface area contributed by atoms with Crippen molar-refractivity contribution in [1.29, 1.82) is 0 Å². The van der Waals surface area contributed by atoms with E-state index in [-0.39, 0.29) is 22.4 Å². The summed E-state index contributed by atoms with van der Waals surface area (Å²) in [5.41, 5.74) is 0.606. The molecule has 2 amide bonds. The molecule has 2 aromatic carbocycles. The van der Waals surface area contributed by atoms with Crippen LogP contribution in [0, 0.1) is 0 Å². The molecule has 7 nitrogen and oxygen atoms in total. The van der Waals surface area contributed by atoms with Gasteiger partial charge < -0.3 is 10.6 Å². The molecular weight excluding hydrogens is 414 g/mol. The Balaban J connectivity index is 1.72. The van der Waals surface area contributed by atoms with Gasteiger partial charge in [-0.2, -0.15) is 0 Å². The van der Waals surface area contributed by atoms with Crippen LogP contribution in [0.5, 0.6) is 0 Å². The number of rotatable bonds is 8. The Hall–Kier alpha value is -2.71. The van der Waals surface area contributed by atoms with Crippen molar-refractivity contribution in [2.24, 2.45) is 0 Å². The van der Waals surface area contributed by atoms with Gasteiger partial charge in [0.15, 0.2) is 0 Å². The molecule has 0 heterocycles. The SMILES string of the molecule is CC(C)(C)NS(=O)(=O)c1ccc(C(=O)NC(Cc2ccccc2)C(=O)NC2CC2)cc1. The summed E-state index contributed by atoms with van der Waals surface area (Å²) >= 11 is 0. The third kappa shape index (κ3) is 6.90. The number of hydrogen-bond donors (Lipinski definition) is 3. The summed E-state index contributed by atoms with van der Waals surface area (Å²) in [4.78, 5) is 25.5. The third-order valence-electron chi connectivity index (χ3n) is 4.70. The molecule has 1 atom stereocenters. The van der Waals surface area contributed by atoms with E-state index in [1.165, 1.54) is 24.3 Å². The molecule has 166 valence electrons. The highest BCUT2D eigenvalue weighted by atomic mass is 32.2. The molecule has 0 radical (unpaired) electrons. The van der Waals surface area contributed by atoms with Crippen LogP contribution in [-0.4, -0.2) is 37.9 Å². The minimum atomic E-state index is -3.69. The van der Waals surface area contributed by atoms with Crippen molar-refractivity contribution in [3.8, 4) is 0 Å². The van der Waals surface area contributed by atoms with Crippen LogP contribution < -0.4 is 15.4 Å². The Morgan fingerprint density at radius 2 is 1.61 bits per heavy atom. The summed E-state index contributed by atoms with van der Waals surface area (Å²) in [5.74, 6) is -0.645. The maximum absolute atomic E-state index is 12.8. The number of sulfonamides is 1. The van der Waals surface area contributed by atoms with Gasteiger partial charge in [-0.05, 0) is 63.4 Å². The molecule has 3 rings (SSSR count). The second kappa shape index (κ2) is 9.20. The number of hydrogen-bond acceptors (Lipinski definition) is 4. The predicted molar refractivity (Wildman–Crippen MR) is 119 cm³/mol. The van der Waals surface area contributed by atoms with Gasteiger partial charge in [-0.1, -0.05) is 30.3 Å². The molecule has 0 bridgehead atoms. The first kappa shape index (κ1) is 23.0. The van der Waals surface area contributed by atoms with E-state index in [1.54, 1.807) is 20.8 Å². The van der Waals surface area contributed by atoms with Crippen molar-refractivity contribution in [2.75, 3.05) is 0 Å². The molecule has 2 aromatic rings. The highest BCUT2D eigenvalue weighted by molar-refractivity contribution is 7.89. The smallest absolute Gasteiger partial charge is 0.251 e. The first-order valence-electron chi connectivity index (χ1n) is 10.3. The van der Waals surface area contributed by atoms with Crippen molar-refractivity contribution < 1.29 is 18.0 Å². The summed E-state index contributed by atoms with van der Waals surface area (Å²) in [6, 6.07) is 14.6.